The van der Waals surface area contributed by atoms with Crippen molar-refractivity contribution < 1.29 is 23.1 Å². The third kappa shape index (κ3) is 3.82. The number of rotatable bonds is 4. The van der Waals surface area contributed by atoms with E-state index in [0.29, 0.717) is 24.2 Å². The first-order chi connectivity index (χ1) is 14.5. The van der Waals surface area contributed by atoms with Crippen LogP contribution in [-0.4, -0.2) is 56.0 Å². The fraction of sp³-hybridized carbons (Fsp3) is 0.571. The number of amides is 1. The third-order valence-electron chi connectivity index (χ3n) is 6.72. The van der Waals surface area contributed by atoms with E-state index in [2.05, 4.69) is 10.2 Å². The molecule has 1 saturated carbocycles. The molecule has 1 saturated heterocycles. The van der Waals surface area contributed by atoms with Crippen molar-refractivity contribution in [3.8, 4) is 11.4 Å². The summed E-state index contributed by atoms with van der Waals surface area (Å²) in [5.74, 6) is 0.155. The Hall–Kier alpha value is -2.13. The van der Waals surface area contributed by atoms with Gasteiger partial charge in [-0.05, 0) is 62.3 Å². The SMILES string of the molecule is C[C@H]1CN(C(=O)[C@@](C)(O)C(F)(F)F)CC[C@H]1C1(c2nc(-c3ccc(Cl)cc3)n[nH]2)CC1. The van der Waals surface area contributed by atoms with Gasteiger partial charge in [-0.2, -0.15) is 18.3 Å². The van der Waals surface area contributed by atoms with Crippen molar-refractivity contribution in [2.24, 2.45) is 11.8 Å². The Balaban J connectivity index is 1.49. The van der Waals surface area contributed by atoms with Crippen LogP contribution in [-0.2, 0) is 10.2 Å². The molecular weight excluding hydrogens is 433 g/mol. The second kappa shape index (κ2) is 7.48. The summed E-state index contributed by atoms with van der Waals surface area (Å²) in [5, 5.41) is 17.8. The van der Waals surface area contributed by atoms with Crippen LogP contribution in [0.25, 0.3) is 11.4 Å². The summed E-state index contributed by atoms with van der Waals surface area (Å²) < 4.78 is 39.2. The molecule has 2 heterocycles. The molecular formula is C21H24ClF3N4O2. The average molecular weight is 457 g/mol. The molecule has 0 unspecified atom stereocenters. The molecule has 10 heteroatoms. The highest BCUT2D eigenvalue weighted by atomic mass is 35.5. The molecule has 2 aliphatic rings. The molecule has 1 aromatic carbocycles. The molecule has 1 aliphatic heterocycles. The molecule has 168 valence electrons. The zero-order valence-corrected chi connectivity index (χ0v) is 18.0. The van der Waals surface area contributed by atoms with Gasteiger partial charge in [-0.15, -0.1) is 0 Å². The number of alkyl halides is 3. The molecule has 0 radical (unpaired) electrons. The van der Waals surface area contributed by atoms with Gasteiger partial charge in [0.15, 0.2) is 5.82 Å². The number of likely N-dealkylation sites (tertiary alicyclic amines) is 1. The summed E-state index contributed by atoms with van der Waals surface area (Å²) in [7, 11) is 0. The number of nitrogens with one attached hydrogen (secondary N) is 1. The summed E-state index contributed by atoms with van der Waals surface area (Å²) in [5.41, 5.74) is -2.75. The second-order valence-electron chi connectivity index (χ2n) is 8.86. The lowest BCUT2D eigenvalue weighted by Crippen LogP contribution is -2.59. The molecule has 3 atom stereocenters. The van der Waals surface area contributed by atoms with Gasteiger partial charge in [-0.25, -0.2) is 4.98 Å². The molecule has 2 N–H and O–H groups in total. The maximum Gasteiger partial charge on any atom is 0.426 e. The summed E-state index contributed by atoms with van der Waals surface area (Å²) in [6.45, 7) is 2.78. The van der Waals surface area contributed by atoms with E-state index in [1.54, 1.807) is 12.1 Å². The zero-order chi connectivity index (χ0) is 22.6. The van der Waals surface area contributed by atoms with Gasteiger partial charge in [0.25, 0.3) is 5.91 Å². The van der Waals surface area contributed by atoms with Gasteiger partial charge >= 0.3 is 6.18 Å². The smallest absolute Gasteiger partial charge is 0.373 e. The molecule has 0 bridgehead atoms. The molecule has 1 amide bonds. The number of H-pyrrole nitrogens is 1. The Labute approximate surface area is 182 Å². The van der Waals surface area contributed by atoms with Crippen molar-refractivity contribution in [2.45, 2.75) is 50.3 Å². The van der Waals surface area contributed by atoms with Crippen molar-refractivity contribution in [3.63, 3.8) is 0 Å². The minimum atomic E-state index is -5.01. The zero-order valence-electron chi connectivity index (χ0n) is 17.2. The summed E-state index contributed by atoms with van der Waals surface area (Å²) in [6.07, 6.45) is -2.66. The van der Waals surface area contributed by atoms with Crippen LogP contribution < -0.4 is 0 Å². The number of aliphatic hydroxyl groups is 1. The van der Waals surface area contributed by atoms with E-state index in [0.717, 1.165) is 29.1 Å². The Bertz CT molecular complexity index is 970. The Morgan fingerprint density at radius 2 is 1.94 bits per heavy atom. The van der Waals surface area contributed by atoms with Crippen LogP contribution in [0.1, 0.15) is 38.9 Å². The minimum absolute atomic E-state index is 0.0479. The highest BCUT2D eigenvalue weighted by molar-refractivity contribution is 6.30. The molecule has 31 heavy (non-hydrogen) atoms. The van der Waals surface area contributed by atoms with Gasteiger partial charge in [-0.1, -0.05) is 18.5 Å². The summed E-state index contributed by atoms with van der Waals surface area (Å²) in [4.78, 5) is 18.2. The molecule has 6 nitrogen and oxygen atoms in total. The molecule has 4 rings (SSSR count). The molecule has 2 fully saturated rings. The second-order valence-corrected chi connectivity index (χ2v) is 9.30. The predicted octanol–water partition coefficient (Wildman–Crippen LogP) is 3.95. The normalized spacial score (nSPS) is 25.2. The first kappa shape index (κ1) is 22.1. The Morgan fingerprint density at radius 3 is 2.48 bits per heavy atom. The van der Waals surface area contributed by atoms with Crippen LogP contribution in [0.5, 0.6) is 0 Å². The fourth-order valence-corrected chi connectivity index (χ4v) is 4.84. The molecule has 1 aromatic heterocycles. The van der Waals surface area contributed by atoms with Crippen LogP contribution in [0, 0.1) is 11.8 Å². The number of halogens is 4. The van der Waals surface area contributed by atoms with Crippen molar-refractivity contribution in [2.75, 3.05) is 13.1 Å². The number of piperidine rings is 1. The Kier molecular flexibility index (Phi) is 5.33. The monoisotopic (exact) mass is 456 g/mol. The summed E-state index contributed by atoms with van der Waals surface area (Å²) in [6, 6.07) is 7.22. The van der Waals surface area contributed by atoms with Gasteiger partial charge in [0.05, 0.1) is 0 Å². The minimum Gasteiger partial charge on any atom is -0.373 e. The van der Waals surface area contributed by atoms with Gasteiger partial charge in [0.2, 0.25) is 5.60 Å². The average Bonchev–Trinajstić information content (AvgIpc) is 3.35. The van der Waals surface area contributed by atoms with Crippen molar-refractivity contribution >= 4 is 17.5 Å². The molecule has 1 aliphatic carbocycles. The van der Waals surface area contributed by atoms with Crippen molar-refractivity contribution in [1.29, 1.82) is 0 Å². The lowest BCUT2D eigenvalue weighted by atomic mass is 9.74. The maximum absolute atomic E-state index is 13.1. The van der Waals surface area contributed by atoms with E-state index < -0.39 is 17.7 Å². The number of hydrogen-bond donors (Lipinski definition) is 2. The topological polar surface area (TPSA) is 82.1 Å². The van der Waals surface area contributed by atoms with Crippen LogP contribution in [0.4, 0.5) is 13.2 Å². The third-order valence-corrected chi connectivity index (χ3v) is 6.97. The standard InChI is InChI=1S/C21H24ClF3N4O2/c1-12-11-29(18(30)19(2,31)21(23,24)25)10-7-15(12)20(8-9-20)17-26-16(27-28-17)13-3-5-14(22)6-4-13/h3-6,12,15,31H,7-11H2,1-2H3,(H,26,27,28)/t12-,15+,19+/m0/s1. The number of nitrogens with zero attached hydrogens (tertiary/aromatic N) is 3. The highest BCUT2D eigenvalue weighted by Gasteiger charge is 2.59. The maximum atomic E-state index is 13.1. The van der Waals surface area contributed by atoms with Crippen LogP contribution in [0.15, 0.2) is 24.3 Å². The van der Waals surface area contributed by atoms with Gasteiger partial charge in [0, 0.05) is 29.1 Å². The largest absolute Gasteiger partial charge is 0.426 e. The van der Waals surface area contributed by atoms with Crippen LogP contribution in [0.3, 0.4) is 0 Å². The first-order valence-corrected chi connectivity index (χ1v) is 10.6. The van der Waals surface area contributed by atoms with Gasteiger partial charge in [0.1, 0.15) is 5.82 Å². The fourth-order valence-electron chi connectivity index (χ4n) is 4.71. The number of carbonyl (C=O) groups is 1. The first-order valence-electron chi connectivity index (χ1n) is 10.2. The molecule has 2 aromatic rings. The van der Waals surface area contributed by atoms with E-state index in [1.807, 2.05) is 19.1 Å². The van der Waals surface area contributed by atoms with Crippen LogP contribution in [0.2, 0.25) is 5.02 Å². The number of carbonyl (C=O) groups excluding carboxylic acids is 1. The number of benzene rings is 1. The highest BCUT2D eigenvalue weighted by Crippen LogP contribution is 2.57. The van der Waals surface area contributed by atoms with E-state index in [9.17, 15) is 23.1 Å². The van der Waals surface area contributed by atoms with Gasteiger partial charge in [-0.3, -0.25) is 9.89 Å². The van der Waals surface area contributed by atoms with Crippen LogP contribution >= 0.6 is 11.6 Å². The van der Waals surface area contributed by atoms with Crippen molar-refractivity contribution in [3.05, 3.63) is 35.1 Å². The van der Waals surface area contributed by atoms with Crippen molar-refractivity contribution in [1.82, 2.24) is 20.1 Å². The number of aromatic amines is 1. The summed E-state index contributed by atoms with van der Waals surface area (Å²) >= 11 is 5.94. The Morgan fingerprint density at radius 1 is 1.29 bits per heavy atom. The van der Waals surface area contributed by atoms with Gasteiger partial charge < -0.3 is 10.0 Å². The lowest BCUT2D eigenvalue weighted by Gasteiger charge is -2.42. The molecule has 0 spiro atoms. The van der Waals surface area contributed by atoms with E-state index in [4.69, 9.17) is 16.6 Å². The van der Waals surface area contributed by atoms with E-state index >= 15 is 0 Å². The predicted molar refractivity (Wildman–Crippen MR) is 108 cm³/mol. The number of hydrogen-bond acceptors (Lipinski definition) is 4. The quantitative estimate of drug-likeness (QED) is 0.729. The lowest BCUT2D eigenvalue weighted by molar-refractivity contribution is -0.251. The van der Waals surface area contributed by atoms with E-state index in [-0.39, 0.29) is 30.3 Å². The number of aromatic nitrogens is 3. The van der Waals surface area contributed by atoms with E-state index in [1.165, 1.54) is 0 Å².